The number of piperidine rings is 1. The van der Waals surface area contributed by atoms with E-state index in [0.29, 0.717) is 13.2 Å². The number of ether oxygens (including phenoxy) is 1. The highest BCUT2D eigenvalue weighted by atomic mass is 16.5. The van der Waals surface area contributed by atoms with E-state index >= 15 is 0 Å². The van der Waals surface area contributed by atoms with E-state index in [2.05, 4.69) is 10.2 Å². The van der Waals surface area contributed by atoms with Gasteiger partial charge in [-0.15, -0.1) is 0 Å². The molecule has 2 aliphatic heterocycles. The van der Waals surface area contributed by atoms with E-state index in [1.165, 1.54) is 0 Å². The van der Waals surface area contributed by atoms with Crippen LogP contribution in [0.3, 0.4) is 0 Å². The zero-order valence-corrected chi connectivity index (χ0v) is 11.7. The second-order valence-corrected chi connectivity index (χ2v) is 5.39. The van der Waals surface area contributed by atoms with Crippen molar-refractivity contribution < 1.29 is 14.3 Å². The fraction of sp³-hybridized carbons (Fsp3) is 0.857. The van der Waals surface area contributed by atoms with Crippen molar-refractivity contribution in [3.8, 4) is 0 Å². The van der Waals surface area contributed by atoms with Crippen molar-refractivity contribution >= 4 is 11.9 Å². The lowest BCUT2D eigenvalue weighted by molar-refractivity contribution is -0.151. The highest BCUT2D eigenvalue weighted by Gasteiger charge is 2.33. The molecule has 2 saturated heterocycles. The minimum absolute atomic E-state index is 0.0558. The molecule has 0 spiro atoms. The molecule has 0 aromatic heterocycles. The number of hydrogen-bond donors (Lipinski definition) is 1. The van der Waals surface area contributed by atoms with Crippen molar-refractivity contribution in [3.63, 3.8) is 0 Å². The summed E-state index contributed by atoms with van der Waals surface area (Å²) in [6.07, 6.45) is 4.87. The SMILES string of the molecule is CCOC(=O)C1CCCN(C2CCCCNC2=O)C1. The molecule has 0 radical (unpaired) electrons. The van der Waals surface area contributed by atoms with Crippen LogP contribution in [0.5, 0.6) is 0 Å². The number of nitrogens with zero attached hydrogens (tertiary/aromatic N) is 1. The number of rotatable bonds is 3. The van der Waals surface area contributed by atoms with Crippen molar-refractivity contribution in [2.24, 2.45) is 5.92 Å². The molecule has 1 amide bonds. The van der Waals surface area contributed by atoms with Gasteiger partial charge in [-0.05, 0) is 45.6 Å². The maximum absolute atomic E-state index is 12.0. The molecular formula is C14H24N2O3. The normalized spacial score (nSPS) is 29.4. The van der Waals surface area contributed by atoms with Gasteiger partial charge in [0.05, 0.1) is 18.6 Å². The third kappa shape index (κ3) is 3.69. The summed E-state index contributed by atoms with van der Waals surface area (Å²) < 4.78 is 5.10. The standard InChI is InChI=1S/C14H24N2O3/c1-2-19-14(18)11-6-5-9-16(10-11)12-7-3-4-8-15-13(12)17/h11-12H,2-10H2,1H3,(H,15,17). The second-order valence-electron chi connectivity index (χ2n) is 5.39. The fourth-order valence-electron chi connectivity index (χ4n) is 3.01. The van der Waals surface area contributed by atoms with Crippen LogP contribution in [0.4, 0.5) is 0 Å². The summed E-state index contributed by atoms with van der Waals surface area (Å²) in [5.74, 6) is -0.0482. The van der Waals surface area contributed by atoms with Gasteiger partial charge in [0.15, 0.2) is 0 Å². The van der Waals surface area contributed by atoms with Crippen LogP contribution in [0.15, 0.2) is 0 Å². The fourth-order valence-corrected chi connectivity index (χ4v) is 3.01. The topological polar surface area (TPSA) is 58.6 Å². The van der Waals surface area contributed by atoms with Crippen LogP contribution >= 0.6 is 0 Å². The van der Waals surface area contributed by atoms with Crippen molar-refractivity contribution in [1.29, 1.82) is 0 Å². The minimum Gasteiger partial charge on any atom is -0.466 e. The molecule has 1 N–H and O–H groups in total. The van der Waals surface area contributed by atoms with Gasteiger partial charge < -0.3 is 10.1 Å². The molecule has 108 valence electrons. The maximum atomic E-state index is 12.0. The Morgan fingerprint density at radius 3 is 3.00 bits per heavy atom. The van der Waals surface area contributed by atoms with Gasteiger partial charge in [-0.2, -0.15) is 0 Å². The molecule has 2 fully saturated rings. The predicted octanol–water partition coefficient (Wildman–Crippen LogP) is 0.930. The highest BCUT2D eigenvalue weighted by molar-refractivity contribution is 5.82. The van der Waals surface area contributed by atoms with Gasteiger partial charge >= 0.3 is 5.97 Å². The summed E-state index contributed by atoms with van der Waals surface area (Å²) >= 11 is 0. The Hall–Kier alpha value is -1.10. The molecule has 5 nitrogen and oxygen atoms in total. The predicted molar refractivity (Wildman–Crippen MR) is 71.6 cm³/mol. The number of carbonyl (C=O) groups is 2. The maximum Gasteiger partial charge on any atom is 0.310 e. The zero-order chi connectivity index (χ0) is 13.7. The molecule has 2 atom stereocenters. The first-order chi connectivity index (χ1) is 9.22. The highest BCUT2D eigenvalue weighted by Crippen LogP contribution is 2.22. The van der Waals surface area contributed by atoms with Crippen molar-refractivity contribution in [1.82, 2.24) is 10.2 Å². The molecule has 5 heteroatoms. The average molecular weight is 268 g/mol. The van der Waals surface area contributed by atoms with Gasteiger partial charge in [-0.3, -0.25) is 14.5 Å². The van der Waals surface area contributed by atoms with Crippen LogP contribution in [0.25, 0.3) is 0 Å². The molecule has 0 bridgehead atoms. The summed E-state index contributed by atoms with van der Waals surface area (Å²) in [6, 6.07) is -0.0558. The zero-order valence-electron chi connectivity index (χ0n) is 11.7. The van der Waals surface area contributed by atoms with Crippen LogP contribution in [0, 0.1) is 5.92 Å². The molecular weight excluding hydrogens is 244 g/mol. The Kier molecular flexibility index (Phi) is 5.19. The van der Waals surface area contributed by atoms with E-state index < -0.39 is 0 Å². The molecule has 2 unspecified atom stereocenters. The number of likely N-dealkylation sites (tertiary alicyclic amines) is 1. The summed E-state index contributed by atoms with van der Waals surface area (Å²) in [5.41, 5.74) is 0. The summed E-state index contributed by atoms with van der Waals surface area (Å²) in [4.78, 5) is 26.0. The summed E-state index contributed by atoms with van der Waals surface area (Å²) in [7, 11) is 0. The largest absolute Gasteiger partial charge is 0.466 e. The first-order valence-electron chi connectivity index (χ1n) is 7.40. The first-order valence-corrected chi connectivity index (χ1v) is 7.40. The molecule has 0 aliphatic carbocycles. The lowest BCUT2D eigenvalue weighted by Crippen LogP contribution is -2.51. The van der Waals surface area contributed by atoms with Crippen molar-refractivity contribution in [2.45, 2.75) is 45.1 Å². The van der Waals surface area contributed by atoms with Gasteiger partial charge in [0.1, 0.15) is 0 Å². The van der Waals surface area contributed by atoms with Gasteiger partial charge in [-0.25, -0.2) is 0 Å². The van der Waals surface area contributed by atoms with E-state index in [1.54, 1.807) is 0 Å². The van der Waals surface area contributed by atoms with Crippen LogP contribution in [-0.2, 0) is 14.3 Å². The van der Waals surface area contributed by atoms with Crippen LogP contribution in [0.2, 0.25) is 0 Å². The molecule has 0 aromatic carbocycles. The number of esters is 1. The minimum atomic E-state index is -0.110. The molecule has 2 heterocycles. The molecule has 0 saturated carbocycles. The molecule has 2 rings (SSSR count). The Bertz CT molecular complexity index is 333. The van der Waals surface area contributed by atoms with Gasteiger partial charge in [0.25, 0.3) is 0 Å². The van der Waals surface area contributed by atoms with E-state index in [0.717, 1.165) is 45.2 Å². The van der Waals surface area contributed by atoms with Crippen LogP contribution in [0.1, 0.15) is 39.0 Å². The Balaban J connectivity index is 1.95. The van der Waals surface area contributed by atoms with Gasteiger partial charge in [0, 0.05) is 13.1 Å². The quantitative estimate of drug-likeness (QED) is 0.774. The molecule has 0 aromatic rings. The third-order valence-corrected chi connectivity index (χ3v) is 4.02. The van der Waals surface area contributed by atoms with E-state index in [1.807, 2.05) is 6.92 Å². The molecule has 19 heavy (non-hydrogen) atoms. The van der Waals surface area contributed by atoms with E-state index in [4.69, 9.17) is 4.74 Å². The number of carbonyl (C=O) groups excluding carboxylic acids is 2. The van der Waals surface area contributed by atoms with Crippen LogP contribution in [-0.4, -0.2) is 49.1 Å². The van der Waals surface area contributed by atoms with Gasteiger partial charge in [0.2, 0.25) is 5.91 Å². The summed E-state index contributed by atoms with van der Waals surface area (Å²) in [6.45, 7) is 4.62. The average Bonchev–Trinajstić information content (AvgIpc) is 2.64. The van der Waals surface area contributed by atoms with Crippen LogP contribution < -0.4 is 5.32 Å². The van der Waals surface area contributed by atoms with E-state index in [9.17, 15) is 9.59 Å². The van der Waals surface area contributed by atoms with Crippen molar-refractivity contribution in [2.75, 3.05) is 26.2 Å². The smallest absolute Gasteiger partial charge is 0.310 e. The second kappa shape index (κ2) is 6.89. The number of amides is 1. The lowest BCUT2D eigenvalue weighted by atomic mass is 9.95. The van der Waals surface area contributed by atoms with Crippen molar-refractivity contribution in [3.05, 3.63) is 0 Å². The third-order valence-electron chi connectivity index (χ3n) is 4.02. The lowest BCUT2D eigenvalue weighted by Gasteiger charge is -2.36. The first kappa shape index (κ1) is 14.3. The monoisotopic (exact) mass is 268 g/mol. The van der Waals surface area contributed by atoms with Gasteiger partial charge in [-0.1, -0.05) is 0 Å². The number of nitrogens with one attached hydrogen (secondary N) is 1. The Morgan fingerprint density at radius 2 is 2.21 bits per heavy atom. The summed E-state index contributed by atoms with van der Waals surface area (Å²) in [5, 5.41) is 2.96. The molecule has 2 aliphatic rings. The Labute approximate surface area is 114 Å². The number of hydrogen-bond acceptors (Lipinski definition) is 4. The van der Waals surface area contributed by atoms with E-state index in [-0.39, 0.29) is 23.8 Å². The Morgan fingerprint density at radius 1 is 1.37 bits per heavy atom.